The molecule has 138 valence electrons. The van der Waals surface area contributed by atoms with E-state index in [2.05, 4.69) is 57.0 Å². The molecule has 0 spiro atoms. The van der Waals surface area contributed by atoms with Gasteiger partial charge in [-0.25, -0.2) is 0 Å². The van der Waals surface area contributed by atoms with E-state index in [1.54, 1.807) is 18.4 Å². The summed E-state index contributed by atoms with van der Waals surface area (Å²) < 4.78 is 12.8. The molecule has 0 atom stereocenters. The lowest BCUT2D eigenvalue weighted by atomic mass is 10.1. The summed E-state index contributed by atoms with van der Waals surface area (Å²) in [6.45, 7) is 5.06. The van der Waals surface area contributed by atoms with Crippen LogP contribution in [0.25, 0.3) is 23.0 Å². The van der Waals surface area contributed by atoms with Gasteiger partial charge in [-0.1, -0.05) is 47.6 Å². The van der Waals surface area contributed by atoms with Gasteiger partial charge in [0.2, 0.25) is 11.7 Å². The zero-order valence-electron chi connectivity index (χ0n) is 15.1. The van der Waals surface area contributed by atoms with Crippen molar-refractivity contribution in [2.24, 2.45) is 0 Å². The Labute approximate surface area is 160 Å². The van der Waals surface area contributed by atoms with Crippen LogP contribution < -0.4 is 0 Å². The number of benzene rings is 1. The molecule has 0 bridgehead atoms. The Morgan fingerprint density at radius 3 is 2.85 bits per heavy atom. The van der Waals surface area contributed by atoms with E-state index in [1.165, 1.54) is 17.3 Å². The molecular weight excluding hydrogens is 362 g/mol. The van der Waals surface area contributed by atoms with Crippen LogP contribution in [-0.2, 0) is 12.3 Å². The maximum absolute atomic E-state index is 5.32. The number of nitrogens with zero attached hydrogens (tertiary/aromatic N) is 5. The minimum absolute atomic E-state index is 0.450. The van der Waals surface area contributed by atoms with E-state index in [9.17, 15) is 0 Å². The van der Waals surface area contributed by atoms with E-state index in [0.29, 0.717) is 23.2 Å². The topological polar surface area (TPSA) is 82.8 Å². The molecule has 7 nitrogen and oxygen atoms in total. The van der Waals surface area contributed by atoms with Gasteiger partial charge >= 0.3 is 0 Å². The molecule has 3 heterocycles. The van der Waals surface area contributed by atoms with E-state index < -0.39 is 0 Å². The van der Waals surface area contributed by atoms with Crippen molar-refractivity contribution in [1.82, 2.24) is 24.9 Å². The van der Waals surface area contributed by atoms with Gasteiger partial charge in [-0.05, 0) is 31.5 Å². The molecular formula is C19H19N5O2S. The summed E-state index contributed by atoms with van der Waals surface area (Å²) >= 11 is 1.53. The lowest BCUT2D eigenvalue weighted by molar-refractivity contribution is 0.390. The highest BCUT2D eigenvalue weighted by atomic mass is 32.2. The van der Waals surface area contributed by atoms with E-state index in [-0.39, 0.29) is 0 Å². The lowest BCUT2D eigenvalue weighted by Crippen LogP contribution is -2.02. The Hall–Kier alpha value is -2.87. The summed E-state index contributed by atoms with van der Waals surface area (Å²) in [6.07, 6.45) is 2.58. The van der Waals surface area contributed by atoms with Crippen molar-refractivity contribution in [2.75, 3.05) is 0 Å². The maximum Gasteiger partial charge on any atom is 0.238 e. The number of thioether (sulfide) groups is 1. The van der Waals surface area contributed by atoms with Gasteiger partial charge in [0.1, 0.15) is 0 Å². The first-order chi connectivity index (χ1) is 13.2. The van der Waals surface area contributed by atoms with Gasteiger partial charge in [-0.3, -0.25) is 0 Å². The van der Waals surface area contributed by atoms with Crippen molar-refractivity contribution in [1.29, 1.82) is 0 Å². The average molecular weight is 381 g/mol. The van der Waals surface area contributed by atoms with Crippen LogP contribution in [-0.4, -0.2) is 24.9 Å². The SMILES string of the molecule is CCCn1c(SCc2nc(-c3ccco3)no2)nnc1-c1cccc(C)c1. The van der Waals surface area contributed by atoms with E-state index in [4.69, 9.17) is 8.94 Å². The summed E-state index contributed by atoms with van der Waals surface area (Å²) in [7, 11) is 0. The van der Waals surface area contributed by atoms with Gasteiger partial charge in [0.15, 0.2) is 16.7 Å². The number of rotatable bonds is 7. The van der Waals surface area contributed by atoms with Crippen molar-refractivity contribution in [2.45, 2.75) is 37.7 Å². The molecule has 3 aromatic heterocycles. The summed E-state index contributed by atoms with van der Waals surface area (Å²) in [6, 6.07) is 11.9. The monoisotopic (exact) mass is 381 g/mol. The molecule has 0 radical (unpaired) electrons. The normalized spacial score (nSPS) is 11.2. The van der Waals surface area contributed by atoms with Gasteiger partial charge in [-0.15, -0.1) is 10.2 Å². The van der Waals surface area contributed by atoms with Gasteiger partial charge in [0.25, 0.3) is 0 Å². The molecule has 0 saturated carbocycles. The molecule has 0 saturated heterocycles. The quantitative estimate of drug-likeness (QED) is 0.433. The third-order valence-electron chi connectivity index (χ3n) is 3.97. The number of aryl methyl sites for hydroxylation is 1. The molecule has 27 heavy (non-hydrogen) atoms. The minimum atomic E-state index is 0.450. The number of furan rings is 1. The molecule has 8 heteroatoms. The molecule has 4 aromatic rings. The Morgan fingerprint density at radius 1 is 1.15 bits per heavy atom. The third-order valence-corrected chi connectivity index (χ3v) is 4.93. The zero-order chi connectivity index (χ0) is 18.6. The van der Waals surface area contributed by atoms with Crippen LogP contribution in [0, 0.1) is 6.92 Å². The van der Waals surface area contributed by atoms with Gasteiger partial charge in [-0.2, -0.15) is 4.98 Å². The molecule has 0 aliphatic rings. The van der Waals surface area contributed by atoms with Gasteiger partial charge < -0.3 is 13.5 Å². The number of hydrogen-bond donors (Lipinski definition) is 0. The fraction of sp³-hybridized carbons (Fsp3) is 0.263. The lowest BCUT2D eigenvalue weighted by Gasteiger charge is -2.08. The number of aromatic nitrogens is 5. The van der Waals surface area contributed by atoms with E-state index in [0.717, 1.165) is 29.5 Å². The fourth-order valence-electron chi connectivity index (χ4n) is 2.76. The molecule has 1 aromatic carbocycles. The maximum atomic E-state index is 5.32. The van der Waals surface area contributed by atoms with E-state index >= 15 is 0 Å². The molecule has 0 aliphatic heterocycles. The van der Waals surface area contributed by atoms with Crippen LogP contribution in [0.1, 0.15) is 24.8 Å². The van der Waals surface area contributed by atoms with Crippen molar-refractivity contribution in [3.63, 3.8) is 0 Å². The van der Waals surface area contributed by atoms with Crippen molar-refractivity contribution < 1.29 is 8.94 Å². The predicted molar refractivity (Wildman–Crippen MR) is 102 cm³/mol. The summed E-state index contributed by atoms with van der Waals surface area (Å²) in [5, 5.41) is 13.6. The van der Waals surface area contributed by atoms with Crippen molar-refractivity contribution in [3.8, 4) is 23.0 Å². The van der Waals surface area contributed by atoms with Gasteiger partial charge in [0.05, 0.1) is 12.0 Å². The highest BCUT2D eigenvalue weighted by Crippen LogP contribution is 2.27. The van der Waals surface area contributed by atoms with Crippen molar-refractivity contribution >= 4 is 11.8 Å². The Kier molecular flexibility index (Phi) is 5.06. The molecule has 0 aliphatic carbocycles. The van der Waals surface area contributed by atoms with Gasteiger partial charge in [0, 0.05) is 12.1 Å². The first kappa shape index (κ1) is 17.5. The van der Waals surface area contributed by atoms with Crippen LogP contribution in [0.2, 0.25) is 0 Å². The van der Waals surface area contributed by atoms with Crippen LogP contribution in [0.3, 0.4) is 0 Å². The van der Waals surface area contributed by atoms with Crippen LogP contribution in [0.4, 0.5) is 0 Å². The van der Waals surface area contributed by atoms with Crippen LogP contribution in [0.15, 0.2) is 56.8 Å². The molecule has 0 unspecified atom stereocenters. The largest absolute Gasteiger partial charge is 0.461 e. The van der Waals surface area contributed by atoms with Crippen LogP contribution in [0.5, 0.6) is 0 Å². The summed E-state index contributed by atoms with van der Waals surface area (Å²) in [5.74, 6) is 2.96. The zero-order valence-corrected chi connectivity index (χ0v) is 15.9. The first-order valence-electron chi connectivity index (χ1n) is 8.74. The molecule has 0 N–H and O–H groups in total. The smallest absolute Gasteiger partial charge is 0.238 e. The first-order valence-corrected chi connectivity index (χ1v) is 9.72. The van der Waals surface area contributed by atoms with E-state index in [1.807, 2.05) is 6.07 Å². The van der Waals surface area contributed by atoms with Crippen LogP contribution >= 0.6 is 11.8 Å². The summed E-state index contributed by atoms with van der Waals surface area (Å²) in [4.78, 5) is 4.37. The highest BCUT2D eigenvalue weighted by Gasteiger charge is 2.16. The third kappa shape index (κ3) is 3.80. The molecule has 0 amide bonds. The Morgan fingerprint density at radius 2 is 2.07 bits per heavy atom. The average Bonchev–Trinajstić information content (AvgIpc) is 3.41. The van der Waals surface area contributed by atoms with Crippen molar-refractivity contribution in [3.05, 3.63) is 54.1 Å². The second-order valence-corrected chi connectivity index (χ2v) is 7.05. The standard InChI is InChI=1S/C19H19N5O2S/c1-3-9-24-18(14-7-4-6-13(2)11-14)21-22-19(24)27-12-16-20-17(23-26-16)15-8-5-10-25-15/h4-8,10-11H,3,9,12H2,1-2H3. The Bertz CT molecular complexity index is 1020. The number of hydrogen-bond acceptors (Lipinski definition) is 7. The summed E-state index contributed by atoms with van der Waals surface area (Å²) in [5.41, 5.74) is 2.27. The fourth-order valence-corrected chi connectivity index (χ4v) is 3.57. The highest BCUT2D eigenvalue weighted by molar-refractivity contribution is 7.98. The second kappa shape index (κ2) is 7.79. The predicted octanol–water partition coefficient (Wildman–Crippen LogP) is 4.60. The second-order valence-electron chi connectivity index (χ2n) is 6.10. The molecule has 4 rings (SSSR count). The minimum Gasteiger partial charge on any atom is -0.461 e. The molecule has 0 fully saturated rings. The Balaban J connectivity index is 1.54.